The van der Waals surface area contributed by atoms with Gasteiger partial charge in [0.15, 0.2) is 5.82 Å². The van der Waals surface area contributed by atoms with Crippen molar-refractivity contribution in [3.63, 3.8) is 0 Å². The third kappa shape index (κ3) is 2.38. The monoisotopic (exact) mass is 331 g/mol. The SMILES string of the molecule is Nc1n[nH]c2ccc(-c3ccnc4[nH]c(C5CCCCC5)cc34)cc12. The summed E-state index contributed by atoms with van der Waals surface area (Å²) in [4.78, 5) is 8.12. The minimum atomic E-state index is 0.541. The zero-order valence-corrected chi connectivity index (χ0v) is 14.0. The third-order valence-electron chi connectivity index (χ3n) is 5.50. The second kappa shape index (κ2) is 5.62. The highest BCUT2D eigenvalue weighted by Crippen LogP contribution is 2.36. The van der Waals surface area contributed by atoms with Crippen molar-refractivity contribution in [3.05, 3.63) is 42.2 Å². The molecule has 0 saturated heterocycles. The van der Waals surface area contributed by atoms with Gasteiger partial charge in [-0.1, -0.05) is 25.3 Å². The van der Waals surface area contributed by atoms with Crippen LogP contribution >= 0.6 is 0 Å². The number of hydrogen-bond acceptors (Lipinski definition) is 3. The van der Waals surface area contributed by atoms with Crippen molar-refractivity contribution in [1.29, 1.82) is 0 Å². The number of nitrogens with one attached hydrogen (secondary N) is 2. The molecule has 0 unspecified atom stereocenters. The van der Waals surface area contributed by atoms with E-state index in [1.807, 2.05) is 12.3 Å². The molecule has 1 saturated carbocycles. The van der Waals surface area contributed by atoms with E-state index in [0.717, 1.165) is 22.1 Å². The van der Waals surface area contributed by atoms with E-state index >= 15 is 0 Å². The van der Waals surface area contributed by atoms with Crippen LogP contribution in [0.2, 0.25) is 0 Å². The Kier molecular flexibility index (Phi) is 3.26. The Labute approximate surface area is 145 Å². The second-order valence-electron chi connectivity index (χ2n) is 7.05. The Hall–Kier alpha value is -2.82. The van der Waals surface area contributed by atoms with Crippen LogP contribution in [0.4, 0.5) is 5.82 Å². The Morgan fingerprint density at radius 1 is 1.00 bits per heavy atom. The van der Waals surface area contributed by atoms with Crippen LogP contribution in [-0.2, 0) is 0 Å². The number of pyridine rings is 1. The lowest BCUT2D eigenvalue weighted by molar-refractivity contribution is 0.438. The zero-order chi connectivity index (χ0) is 16.8. The van der Waals surface area contributed by atoms with Gasteiger partial charge in [-0.15, -0.1) is 0 Å². The van der Waals surface area contributed by atoms with E-state index in [-0.39, 0.29) is 0 Å². The Morgan fingerprint density at radius 2 is 1.88 bits per heavy atom. The maximum absolute atomic E-state index is 5.98. The van der Waals surface area contributed by atoms with Crippen LogP contribution in [0.25, 0.3) is 33.1 Å². The first-order valence-corrected chi connectivity index (χ1v) is 9.01. The summed E-state index contributed by atoms with van der Waals surface area (Å²) >= 11 is 0. The van der Waals surface area contributed by atoms with Crippen LogP contribution in [0.3, 0.4) is 0 Å². The molecule has 1 aromatic carbocycles. The average molecular weight is 331 g/mol. The highest BCUT2D eigenvalue weighted by Gasteiger charge is 2.19. The molecule has 0 amide bonds. The summed E-state index contributed by atoms with van der Waals surface area (Å²) in [6.45, 7) is 0. The van der Waals surface area contributed by atoms with E-state index in [4.69, 9.17) is 5.73 Å². The van der Waals surface area contributed by atoms with E-state index < -0.39 is 0 Å². The van der Waals surface area contributed by atoms with E-state index in [2.05, 4.69) is 44.4 Å². The molecule has 1 aliphatic carbocycles. The number of H-pyrrole nitrogens is 2. The molecular weight excluding hydrogens is 310 g/mol. The van der Waals surface area contributed by atoms with E-state index in [9.17, 15) is 0 Å². The number of aromatic nitrogens is 4. The van der Waals surface area contributed by atoms with Crippen LogP contribution in [0.15, 0.2) is 36.5 Å². The van der Waals surface area contributed by atoms with Gasteiger partial charge in [-0.05, 0) is 54.2 Å². The minimum Gasteiger partial charge on any atom is -0.382 e. The number of benzene rings is 1. The molecule has 3 aromatic heterocycles. The summed E-state index contributed by atoms with van der Waals surface area (Å²) in [5.41, 5.74) is 11.6. The van der Waals surface area contributed by atoms with Gasteiger partial charge in [0.25, 0.3) is 0 Å². The van der Waals surface area contributed by atoms with E-state index in [0.29, 0.717) is 11.7 Å². The van der Waals surface area contributed by atoms with Crippen LogP contribution < -0.4 is 5.73 Å². The maximum atomic E-state index is 5.98. The van der Waals surface area contributed by atoms with Crippen molar-refractivity contribution in [1.82, 2.24) is 20.2 Å². The van der Waals surface area contributed by atoms with Crippen molar-refractivity contribution in [2.24, 2.45) is 0 Å². The van der Waals surface area contributed by atoms with Crippen LogP contribution in [0, 0.1) is 0 Å². The van der Waals surface area contributed by atoms with Crippen molar-refractivity contribution >= 4 is 27.8 Å². The second-order valence-corrected chi connectivity index (χ2v) is 7.05. The Balaban J connectivity index is 1.64. The van der Waals surface area contributed by atoms with Crippen molar-refractivity contribution in [2.45, 2.75) is 38.0 Å². The van der Waals surface area contributed by atoms with Gasteiger partial charge in [0.1, 0.15) is 5.65 Å². The number of fused-ring (bicyclic) bond motifs is 2. The topological polar surface area (TPSA) is 83.4 Å². The zero-order valence-electron chi connectivity index (χ0n) is 14.0. The average Bonchev–Trinajstić information content (AvgIpc) is 3.26. The quantitative estimate of drug-likeness (QED) is 0.496. The maximum Gasteiger partial charge on any atom is 0.153 e. The lowest BCUT2D eigenvalue weighted by atomic mass is 9.87. The van der Waals surface area contributed by atoms with Gasteiger partial charge in [-0.3, -0.25) is 5.10 Å². The molecule has 4 aromatic rings. The van der Waals surface area contributed by atoms with Gasteiger partial charge in [-0.2, -0.15) is 5.10 Å². The molecular formula is C20H21N5. The number of nitrogen functional groups attached to an aromatic ring is 1. The highest BCUT2D eigenvalue weighted by molar-refractivity contribution is 5.98. The molecule has 5 heteroatoms. The standard InChI is InChI=1S/C20H21N5/c21-19-16-10-13(6-7-17(16)24-25-19)14-8-9-22-20-15(14)11-18(23-20)12-4-2-1-3-5-12/h6-12H,1-5H2,(H,22,23)(H3,21,24,25). The first-order valence-electron chi connectivity index (χ1n) is 9.01. The predicted octanol–water partition coefficient (Wildman–Crippen LogP) is 4.74. The first-order chi connectivity index (χ1) is 12.3. The van der Waals surface area contributed by atoms with Gasteiger partial charge in [-0.25, -0.2) is 4.98 Å². The van der Waals surface area contributed by atoms with Gasteiger partial charge in [0.2, 0.25) is 0 Å². The summed E-state index contributed by atoms with van der Waals surface area (Å²) in [5, 5.41) is 9.20. The third-order valence-corrected chi connectivity index (χ3v) is 5.50. The lowest BCUT2D eigenvalue weighted by Crippen LogP contribution is -2.04. The number of aromatic amines is 2. The smallest absolute Gasteiger partial charge is 0.153 e. The molecule has 5 rings (SSSR count). The van der Waals surface area contributed by atoms with Crippen molar-refractivity contribution in [2.75, 3.05) is 5.73 Å². The first kappa shape index (κ1) is 14.5. The molecule has 1 fully saturated rings. The summed E-state index contributed by atoms with van der Waals surface area (Å²) in [6.07, 6.45) is 8.46. The number of nitrogens with two attached hydrogens (primary N) is 1. The fourth-order valence-electron chi connectivity index (χ4n) is 4.13. The number of nitrogens with zero attached hydrogens (tertiary/aromatic N) is 2. The summed E-state index contributed by atoms with van der Waals surface area (Å²) in [7, 11) is 0. The largest absolute Gasteiger partial charge is 0.382 e. The predicted molar refractivity (Wildman–Crippen MR) is 101 cm³/mol. The lowest BCUT2D eigenvalue weighted by Gasteiger charge is -2.20. The molecule has 25 heavy (non-hydrogen) atoms. The molecule has 0 aliphatic heterocycles. The number of rotatable bonds is 2. The Bertz CT molecular complexity index is 1050. The normalized spacial score (nSPS) is 16.0. The summed E-state index contributed by atoms with van der Waals surface area (Å²) in [6, 6.07) is 10.6. The molecule has 0 radical (unpaired) electrons. The number of anilines is 1. The van der Waals surface area contributed by atoms with E-state index in [1.165, 1.54) is 48.7 Å². The van der Waals surface area contributed by atoms with Gasteiger partial charge in [0, 0.05) is 22.7 Å². The number of hydrogen-bond donors (Lipinski definition) is 3. The minimum absolute atomic E-state index is 0.541. The summed E-state index contributed by atoms with van der Waals surface area (Å²) in [5.74, 6) is 1.18. The fourth-order valence-corrected chi connectivity index (χ4v) is 4.13. The highest BCUT2D eigenvalue weighted by atomic mass is 15.1. The van der Waals surface area contributed by atoms with Gasteiger partial charge < -0.3 is 10.7 Å². The van der Waals surface area contributed by atoms with Crippen LogP contribution in [0.5, 0.6) is 0 Å². The molecule has 0 bridgehead atoms. The van der Waals surface area contributed by atoms with Gasteiger partial charge in [0.05, 0.1) is 5.52 Å². The molecule has 0 atom stereocenters. The Morgan fingerprint density at radius 3 is 2.76 bits per heavy atom. The van der Waals surface area contributed by atoms with Crippen molar-refractivity contribution in [3.8, 4) is 11.1 Å². The molecule has 0 spiro atoms. The molecule has 3 heterocycles. The molecule has 5 nitrogen and oxygen atoms in total. The van der Waals surface area contributed by atoms with Crippen molar-refractivity contribution < 1.29 is 0 Å². The fraction of sp³-hybridized carbons (Fsp3) is 0.300. The van der Waals surface area contributed by atoms with Crippen LogP contribution in [0.1, 0.15) is 43.7 Å². The van der Waals surface area contributed by atoms with E-state index in [1.54, 1.807) is 0 Å². The van der Waals surface area contributed by atoms with Crippen LogP contribution in [-0.4, -0.2) is 20.2 Å². The molecule has 1 aliphatic rings. The molecule has 126 valence electrons. The molecule has 4 N–H and O–H groups in total. The van der Waals surface area contributed by atoms with Gasteiger partial charge >= 0.3 is 0 Å². The summed E-state index contributed by atoms with van der Waals surface area (Å²) < 4.78 is 0.